The molecule has 0 aromatic heterocycles. The molecule has 0 saturated carbocycles. The second-order valence-electron chi connectivity index (χ2n) is 7.55. The molecule has 1 aliphatic heterocycles. The van der Waals surface area contributed by atoms with E-state index in [0.717, 1.165) is 12.8 Å². The van der Waals surface area contributed by atoms with Crippen LogP contribution < -0.4 is 4.74 Å². The van der Waals surface area contributed by atoms with Gasteiger partial charge in [-0.1, -0.05) is 0 Å². The zero-order chi connectivity index (χ0) is 19.5. The van der Waals surface area contributed by atoms with E-state index in [1.54, 1.807) is 17.9 Å². The number of nitrogens with zero attached hydrogens (tertiary/aromatic N) is 2. The fraction of sp³-hybridized carbons (Fsp3) is 0.611. The molecule has 7 nitrogen and oxygen atoms in total. The smallest absolute Gasteiger partial charge is 0.410 e. The molecule has 0 aliphatic carbocycles. The molecule has 26 heavy (non-hydrogen) atoms. The minimum atomic E-state index is -0.489. The first-order valence-electron chi connectivity index (χ1n) is 8.62. The Balaban J connectivity index is 1.86. The Hall–Kier alpha value is -1.83. The predicted octanol–water partition coefficient (Wildman–Crippen LogP) is 4.69. The number of halogens is 1. The molecule has 0 N–H and O–H groups in total. The third-order valence-electron chi connectivity index (χ3n) is 4.19. The lowest BCUT2D eigenvalue weighted by atomic mass is 9.98. The van der Waals surface area contributed by atoms with Gasteiger partial charge < -0.3 is 14.4 Å². The van der Waals surface area contributed by atoms with Crippen molar-refractivity contribution in [3.05, 3.63) is 32.3 Å². The Morgan fingerprint density at radius 2 is 1.96 bits per heavy atom. The van der Waals surface area contributed by atoms with E-state index in [9.17, 15) is 14.9 Å². The molecule has 0 bridgehead atoms. The van der Waals surface area contributed by atoms with Gasteiger partial charge in [-0.15, -0.1) is 0 Å². The summed E-state index contributed by atoms with van der Waals surface area (Å²) in [6.45, 7) is 9.06. The molecule has 1 aromatic rings. The van der Waals surface area contributed by atoms with Gasteiger partial charge in [0.1, 0.15) is 11.4 Å². The number of hydrogen-bond donors (Lipinski definition) is 0. The Labute approximate surface area is 161 Å². The van der Waals surface area contributed by atoms with Crippen LogP contribution in [-0.4, -0.2) is 41.2 Å². The number of carbonyl (C=O) groups is 1. The highest BCUT2D eigenvalue weighted by molar-refractivity contribution is 9.10. The summed E-state index contributed by atoms with van der Waals surface area (Å²) in [6, 6.07) is 3.15. The molecule has 1 fully saturated rings. The standard InChI is InChI=1S/C18H25BrN2O5/c1-12-9-16(14(19)10-15(12)21(23)24)25-11-13-5-7-20(8-6-13)17(22)26-18(2,3)4/h9-10,13H,5-8,11H2,1-4H3. The third kappa shape index (κ3) is 5.59. The summed E-state index contributed by atoms with van der Waals surface area (Å²) in [7, 11) is 0. The quantitative estimate of drug-likeness (QED) is 0.512. The maximum atomic E-state index is 12.1. The molecular weight excluding hydrogens is 404 g/mol. The van der Waals surface area contributed by atoms with Crippen molar-refractivity contribution >= 4 is 27.7 Å². The minimum Gasteiger partial charge on any atom is -0.492 e. The Kier molecular flexibility index (Phi) is 6.49. The summed E-state index contributed by atoms with van der Waals surface area (Å²) in [5.74, 6) is 0.929. The molecule has 1 saturated heterocycles. The number of ether oxygens (including phenoxy) is 2. The molecule has 0 unspecified atom stereocenters. The van der Waals surface area contributed by atoms with Gasteiger partial charge in [0.15, 0.2) is 0 Å². The predicted molar refractivity (Wildman–Crippen MR) is 102 cm³/mol. The van der Waals surface area contributed by atoms with Crippen LogP contribution in [0.5, 0.6) is 5.75 Å². The molecule has 0 atom stereocenters. The monoisotopic (exact) mass is 428 g/mol. The number of piperidine rings is 1. The fourth-order valence-corrected chi connectivity index (χ4v) is 3.21. The maximum absolute atomic E-state index is 12.1. The SMILES string of the molecule is Cc1cc(OCC2CCN(C(=O)OC(C)(C)C)CC2)c(Br)cc1[N+](=O)[O-]. The van der Waals surface area contributed by atoms with Crippen LogP contribution in [0.15, 0.2) is 16.6 Å². The molecular formula is C18H25BrN2O5. The van der Waals surface area contributed by atoms with E-state index >= 15 is 0 Å². The van der Waals surface area contributed by atoms with Crippen molar-refractivity contribution in [2.75, 3.05) is 19.7 Å². The molecule has 144 valence electrons. The minimum absolute atomic E-state index is 0.0647. The first-order chi connectivity index (χ1) is 12.1. The second-order valence-corrected chi connectivity index (χ2v) is 8.40. The van der Waals surface area contributed by atoms with Gasteiger partial charge >= 0.3 is 6.09 Å². The molecule has 0 radical (unpaired) electrons. The molecule has 1 amide bonds. The zero-order valence-corrected chi connectivity index (χ0v) is 17.2. The number of nitro benzene ring substituents is 1. The second kappa shape index (κ2) is 8.24. The summed E-state index contributed by atoms with van der Waals surface area (Å²) in [6.07, 6.45) is 1.40. The average Bonchev–Trinajstić information content (AvgIpc) is 2.54. The van der Waals surface area contributed by atoms with E-state index < -0.39 is 10.5 Å². The molecule has 1 aromatic carbocycles. The van der Waals surface area contributed by atoms with Crippen molar-refractivity contribution < 1.29 is 19.2 Å². The molecule has 1 aliphatic rings. The van der Waals surface area contributed by atoms with Crippen LogP contribution in [0.1, 0.15) is 39.2 Å². The van der Waals surface area contributed by atoms with E-state index in [4.69, 9.17) is 9.47 Å². The van der Waals surface area contributed by atoms with Crippen molar-refractivity contribution in [1.29, 1.82) is 0 Å². The summed E-state index contributed by atoms with van der Waals surface area (Å²) in [4.78, 5) is 24.4. The maximum Gasteiger partial charge on any atom is 0.410 e. The van der Waals surface area contributed by atoms with Crippen LogP contribution in [0.25, 0.3) is 0 Å². The normalized spacial score (nSPS) is 15.7. The molecule has 1 heterocycles. The topological polar surface area (TPSA) is 81.9 Å². The van der Waals surface area contributed by atoms with E-state index in [-0.39, 0.29) is 11.8 Å². The summed E-state index contributed by atoms with van der Waals surface area (Å²) < 4.78 is 11.8. The van der Waals surface area contributed by atoms with Gasteiger partial charge in [-0.25, -0.2) is 4.79 Å². The molecule has 2 rings (SSSR count). The Morgan fingerprint density at radius 3 is 2.50 bits per heavy atom. The highest BCUT2D eigenvalue weighted by Crippen LogP contribution is 2.33. The summed E-state index contributed by atoms with van der Waals surface area (Å²) >= 11 is 3.33. The molecule has 8 heteroatoms. The number of rotatable bonds is 4. The number of hydrogen-bond acceptors (Lipinski definition) is 5. The first-order valence-corrected chi connectivity index (χ1v) is 9.41. The van der Waals surface area contributed by atoms with Crippen molar-refractivity contribution in [3.8, 4) is 5.75 Å². The van der Waals surface area contributed by atoms with E-state index in [2.05, 4.69) is 15.9 Å². The number of amides is 1. The lowest BCUT2D eigenvalue weighted by Gasteiger charge is -2.33. The highest BCUT2D eigenvalue weighted by atomic mass is 79.9. The van der Waals surface area contributed by atoms with Crippen LogP contribution >= 0.6 is 15.9 Å². The third-order valence-corrected chi connectivity index (χ3v) is 4.81. The van der Waals surface area contributed by atoms with Gasteiger partial charge in [0.2, 0.25) is 0 Å². The first kappa shape index (κ1) is 20.5. The van der Waals surface area contributed by atoms with E-state index in [1.165, 1.54) is 6.07 Å². The summed E-state index contributed by atoms with van der Waals surface area (Å²) in [5, 5.41) is 11.0. The van der Waals surface area contributed by atoms with Crippen molar-refractivity contribution in [2.45, 2.75) is 46.1 Å². The van der Waals surface area contributed by atoms with Crippen LogP contribution in [0, 0.1) is 23.0 Å². The number of aryl methyl sites for hydroxylation is 1. The lowest BCUT2D eigenvalue weighted by Crippen LogP contribution is -2.42. The largest absolute Gasteiger partial charge is 0.492 e. The van der Waals surface area contributed by atoms with E-state index in [1.807, 2.05) is 20.8 Å². The Bertz CT molecular complexity index is 679. The fourth-order valence-electron chi connectivity index (χ4n) is 2.77. The van der Waals surface area contributed by atoms with Crippen molar-refractivity contribution in [2.24, 2.45) is 5.92 Å². The van der Waals surface area contributed by atoms with Crippen molar-refractivity contribution in [1.82, 2.24) is 4.90 Å². The van der Waals surface area contributed by atoms with Crippen LogP contribution in [-0.2, 0) is 4.74 Å². The van der Waals surface area contributed by atoms with Gasteiger partial charge in [-0.2, -0.15) is 0 Å². The van der Waals surface area contributed by atoms with Crippen LogP contribution in [0.4, 0.5) is 10.5 Å². The van der Waals surface area contributed by atoms with Crippen LogP contribution in [0.3, 0.4) is 0 Å². The van der Waals surface area contributed by atoms with Gasteiger partial charge in [-0.05, 0) is 68.5 Å². The van der Waals surface area contributed by atoms with Gasteiger partial charge in [0.25, 0.3) is 5.69 Å². The number of carbonyl (C=O) groups excluding carboxylic acids is 1. The summed E-state index contributed by atoms with van der Waals surface area (Å²) in [5.41, 5.74) is 0.139. The van der Waals surface area contributed by atoms with Crippen LogP contribution in [0.2, 0.25) is 0 Å². The average molecular weight is 429 g/mol. The lowest BCUT2D eigenvalue weighted by molar-refractivity contribution is -0.385. The van der Waals surface area contributed by atoms with Crippen molar-refractivity contribution in [3.63, 3.8) is 0 Å². The Morgan fingerprint density at radius 1 is 1.35 bits per heavy atom. The van der Waals surface area contributed by atoms with E-state index in [0.29, 0.717) is 41.4 Å². The van der Waals surface area contributed by atoms with Gasteiger partial charge in [0, 0.05) is 24.7 Å². The highest BCUT2D eigenvalue weighted by Gasteiger charge is 2.27. The number of benzene rings is 1. The molecule has 0 spiro atoms. The number of nitro groups is 1. The van der Waals surface area contributed by atoms with Gasteiger partial charge in [0.05, 0.1) is 16.0 Å². The number of likely N-dealkylation sites (tertiary alicyclic amines) is 1. The zero-order valence-electron chi connectivity index (χ0n) is 15.6. The van der Waals surface area contributed by atoms with Gasteiger partial charge in [-0.3, -0.25) is 10.1 Å².